The number of carbonyl (C=O) groups excluding carboxylic acids is 2. The fourth-order valence-electron chi connectivity index (χ4n) is 3.23. The molecule has 26 heavy (non-hydrogen) atoms. The lowest BCUT2D eigenvalue weighted by Crippen LogP contribution is -2.48. The highest BCUT2D eigenvalue weighted by Crippen LogP contribution is 2.25. The van der Waals surface area contributed by atoms with Crippen molar-refractivity contribution in [2.75, 3.05) is 19.6 Å². The van der Waals surface area contributed by atoms with Crippen molar-refractivity contribution < 1.29 is 9.59 Å². The van der Waals surface area contributed by atoms with Crippen LogP contribution in [0.4, 0.5) is 0 Å². The summed E-state index contributed by atoms with van der Waals surface area (Å²) in [5, 5.41) is 3.38. The minimum Gasteiger partial charge on any atom is -0.329 e. The first-order chi connectivity index (χ1) is 12.1. The van der Waals surface area contributed by atoms with Gasteiger partial charge in [0.25, 0.3) is 5.91 Å². The van der Waals surface area contributed by atoms with Crippen molar-refractivity contribution in [3.05, 3.63) is 70.8 Å². The number of rotatable bonds is 4. The van der Waals surface area contributed by atoms with Gasteiger partial charge in [-0.3, -0.25) is 9.59 Å². The molecule has 1 aliphatic heterocycles. The van der Waals surface area contributed by atoms with Crippen LogP contribution < -0.4 is 5.32 Å². The summed E-state index contributed by atoms with van der Waals surface area (Å²) in [6, 6.07) is 15.5. The van der Waals surface area contributed by atoms with E-state index in [9.17, 15) is 9.59 Å². The first-order valence-electron chi connectivity index (χ1n) is 8.81. The van der Waals surface area contributed by atoms with Crippen LogP contribution in [0.15, 0.2) is 48.5 Å². The highest BCUT2D eigenvalue weighted by molar-refractivity contribution is 5.98. The van der Waals surface area contributed by atoms with Crippen LogP contribution in [0, 0.1) is 0 Å². The van der Waals surface area contributed by atoms with E-state index in [0.717, 1.165) is 25.1 Å². The third-order valence-electron chi connectivity index (χ3n) is 4.82. The molecule has 0 bridgehead atoms. The van der Waals surface area contributed by atoms with Gasteiger partial charge in [0.2, 0.25) is 0 Å². The van der Waals surface area contributed by atoms with E-state index in [1.54, 1.807) is 24.3 Å². The summed E-state index contributed by atoms with van der Waals surface area (Å²) in [7, 11) is 0. The molecule has 0 saturated carbocycles. The number of benzene rings is 2. The lowest BCUT2D eigenvalue weighted by Gasteiger charge is -2.36. The van der Waals surface area contributed by atoms with Crippen LogP contribution in [-0.2, 0) is 6.42 Å². The van der Waals surface area contributed by atoms with Gasteiger partial charge in [-0.15, -0.1) is 12.4 Å². The second kappa shape index (κ2) is 8.97. The summed E-state index contributed by atoms with van der Waals surface area (Å²) in [5.74, 6) is 0.0243. The van der Waals surface area contributed by atoms with Gasteiger partial charge in [0.15, 0.2) is 5.78 Å². The minimum absolute atomic E-state index is 0. The number of piperazine rings is 1. The molecule has 2 aromatic carbocycles. The van der Waals surface area contributed by atoms with Crippen molar-refractivity contribution in [3.63, 3.8) is 0 Å². The Morgan fingerprint density at radius 2 is 1.65 bits per heavy atom. The predicted molar refractivity (Wildman–Crippen MR) is 106 cm³/mol. The van der Waals surface area contributed by atoms with Gasteiger partial charge < -0.3 is 10.2 Å². The van der Waals surface area contributed by atoms with E-state index in [0.29, 0.717) is 17.7 Å². The van der Waals surface area contributed by atoms with E-state index in [1.807, 2.05) is 4.90 Å². The van der Waals surface area contributed by atoms with Crippen LogP contribution in [0.5, 0.6) is 0 Å². The molecule has 1 fully saturated rings. The van der Waals surface area contributed by atoms with Gasteiger partial charge in [-0.25, -0.2) is 0 Å². The Bertz CT molecular complexity index is 757. The zero-order valence-electron chi connectivity index (χ0n) is 15.2. The molecule has 1 amide bonds. The van der Waals surface area contributed by atoms with Crippen LogP contribution >= 0.6 is 12.4 Å². The minimum atomic E-state index is 0. The summed E-state index contributed by atoms with van der Waals surface area (Å²) in [5.41, 5.74) is 3.70. The summed E-state index contributed by atoms with van der Waals surface area (Å²) < 4.78 is 0. The molecule has 0 spiro atoms. The van der Waals surface area contributed by atoms with Gasteiger partial charge in [-0.1, -0.05) is 43.3 Å². The van der Waals surface area contributed by atoms with E-state index in [-0.39, 0.29) is 30.1 Å². The van der Waals surface area contributed by atoms with Crippen molar-refractivity contribution in [1.82, 2.24) is 10.2 Å². The maximum atomic E-state index is 13.0. The molecular weight excluding hydrogens is 348 g/mol. The number of ketones is 1. The van der Waals surface area contributed by atoms with Gasteiger partial charge in [-0.05, 0) is 36.6 Å². The van der Waals surface area contributed by atoms with E-state index in [4.69, 9.17) is 0 Å². The number of hydrogen-bond donors (Lipinski definition) is 1. The molecule has 138 valence electrons. The Kier molecular flexibility index (Phi) is 6.95. The van der Waals surface area contributed by atoms with Gasteiger partial charge in [0.1, 0.15) is 0 Å². The Hall–Kier alpha value is -2.17. The SMILES string of the molecule is CCc1ccc(C2CNCCN2C(=O)c2ccc(C(C)=O)cc2)cc1.Cl. The van der Waals surface area contributed by atoms with Gasteiger partial charge in [-0.2, -0.15) is 0 Å². The van der Waals surface area contributed by atoms with E-state index in [2.05, 4.69) is 36.5 Å². The number of hydrogen-bond acceptors (Lipinski definition) is 3. The van der Waals surface area contributed by atoms with E-state index < -0.39 is 0 Å². The van der Waals surface area contributed by atoms with Crippen molar-refractivity contribution in [3.8, 4) is 0 Å². The monoisotopic (exact) mass is 372 g/mol. The third kappa shape index (κ3) is 4.32. The van der Waals surface area contributed by atoms with Crippen LogP contribution in [0.25, 0.3) is 0 Å². The number of nitrogens with zero attached hydrogens (tertiary/aromatic N) is 1. The quantitative estimate of drug-likeness (QED) is 0.833. The number of nitrogens with one attached hydrogen (secondary N) is 1. The van der Waals surface area contributed by atoms with Crippen LogP contribution in [0.1, 0.15) is 51.7 Å². The highest BCUT2D eigenvalue weighted by Gasteiger charge is 2.28. The Morgan fingerprint density at radius 3 is 2.23 bits per heavy atom. The number of halogens is 1. The summed E-state index contributed by atoms with van der Waals surface area (Å²) in [6.07, 6.45) is 1.01. The zero-order valence-corrected chi connectivity index (χ0v) is 16.0. The average molecular weight is 373 g/mol. The fourth-order valence-corrected chi connectivity index (χ4v) is 3.23. The number of amides is 1. The summed E-state index contributed by atoms with van der Waals surface area (Å²) in [4.78, 5) is 26.3. The number of Topliss-reactive ketones (excluding diaryl/α,β-unsaturated/α-hetero) is 1. The maximum Gasteiger partial charge on any atom is 0.254 e. The smallest absolute Gasteiger partial charge is 0.254 e. The lowest BCUT2D eigenvalue weighted by atomic mass is 9.99. The predicted octanol–water partition coefficient (Wildman–Crippen LogP) is 3.66. The molecule has 1 heterocycles. The topological polar surface area (TPSA) is 49.4 Å². The molecule has 0 aromatic heterocycles. The Morgan fingerprint density at radius 1 is 1.04 bits per heavy atom. The van der Waals surface area contributed by atoms with Crippen molar-refractivity contribution >= 4 is 24.1 Å². The molecule has 1 atom stereocenters. The van der Waals surface area contributed by atoms with Crippen LogP contribution in [-0.4, -0.2) is 36.2 Å². The van der Waals surface area contributed by atoms with E-state index >= 15 is 0 Å². The molecule has 1 saturated heterocycles. The fraction of sp³-hybridized carbons (Fsp3) is 0.333. The largest absolute Gasteiger partial charge is 0.329 e. The summed E-state index contributed by atoms with van der Waals surface area (Å²) in [6.45, 7) is 5.89. The van der Waals surface area contributed by atoms with E-state index in [1.165, 1.54) is 12.5 Å². The normalized spacial score (nSPS) is 16.7. The Labute approximate surface area is 161 Å². The molecule has 1 N–H and O–H groups in total. The molecular formula is C21H25ClN2O2. The lowest BCUT2D eigenvalue weighted by molar-refractivity contribution is 0.0634. The van der Waals surface area contributed by atoms with Gasteiger partial charge >= 0.3 is 0 Å². The average Bonchev–Trinajstić information content (AvgIpc) is 2.67. The molecule has 2 aromatic rings. The first kappa shape index (κ1) is 20.1. The van der Waals surface area contributed by atoms with Crippen molar-refractivity contribution in [2.24, 2.45) is 0 Å². The number of carbonyl (C=O) groups is 2. The second-order valence-corrected chi connectivity index (χ2v) is 6.45. The summed E-state index contributed by atoms with van der Waals surface area (Å²) >= 11 is 0. The number of aryl methyl sites for hydroxylation is 1. The molecule has 1 aliphatic rings. The second-order valence-electron chi connectivity index (χ2n) is 6.45. The van der Waals surface area contributed by atoms with Gasteiger partial charge in [0.05, 0.1) is 6.04 Å². The standard InChI is InChI=1S/C21H24N2O2.ClH/c1-3-16-4-6-18(7-5-16)20-14-22-12-13-23(20)21(25)19-10-8-17(9-11-19)15(2)24;/h4-11,20,22H,3,12-14H2,1-2H3;1H. The van der Waals surface area contributed by atoms with Crippen LogP contribution in [0.3, 0.4) is 0 Å². The zero-order chi connectivity index (χ0) is 17.8. The highest BCUT2D eigenvalue weighted by atomic mass is 35.5. The Balaban J connectivity index is 0.00000243. The molecule has 4 nitrogen and oxygen atoms in total. The molecule has 1 unspecified atom stereocenters. The third-order valence-corrected chi connectivity index (χ3v) is 4.82. The van der Waals surface area contributed by atoms with Crippen LogP contribution in [0.2, 0.25) is 0 Å². The van der Waals surface area contributed by atoms with Gasteiger partial charge in [0, 0.05) is 30.8 Å². The van der Waals surface area contributed by atoms with Crippen molar-refractivity contribution in [1.29, 1.82) is 0 Å². The molecule has 3 rings (SSSR count). The first-order valence-corrected chi connectivity index (χ1v) is 8.81. The molecule has 0 aliphatic carbocycles. The van der Waals surface area contributed by atoms with Crippen molar-refractivity contribution in [2.45, 2.75) is 26.3 Å². The molecule has 5 heteroatoms. The molecule has 0 radical (unpaired) electrons. The maximum absolute atomic E-state index is 13.0.